The molecule has 24 heavy (non-hydrogen) atoms. The van der Waals surface area contributed by atoms with Gasteiger partial charge in [-0.2, -0.15) is 0 Å². The third-order valence-electron chi connectivity index (χ3n) is 4.06. The lowest BCUT2D eigenvalue weighted by molar-refractivity contribution is -0.135. The van der Waals surface area contributed by atoms with E-state index in [1.165, 1.54) is 11.0 Å². The molecule has 2 amide bonds. The van der Waals surface area contributed by atoms with Crippen molar-refractivity contribution < 1.29 is 14.0 Å². The van der Waals surface area contributed by atoms with E-state index in [1.54, 1.807) is 57.3 Å². The van der Waals surface area contributed by atoms with Gasteiger partial charge in [-0.1, -0.05) is 30.3 Å². The molecule has 0 heterocycles. The van der Waals surface area contributed by atoms with Crippen molar-refractivity contribution in [1.82, 2.24) is 4.90 Å². The van der Waals surface area contributed by atoms with Crippen LogP contribution in [0.3, 0.4) is 0 Å². The Kier molecular flexibility index (Phi) is 5.02. The van der Waals surface area contributed by atoms with Crippen LogP contribution in [0.1, 0.15) is 35.3 Å². The van der Waals surface area contributed by atoms with Crippen LogP contribution in [-0.2, 0) is 16.8 Å². The maximum absolute atomic E-state index is 14.1. The number of nitrogens with two attached hydrogens (primary N) is 1. The van der Waals surface area contributed by atoms with Gasteiger partial charge in [-0.3, -0.25) is 9.59 Å². The lowest BCUT2D eigenvalue weighted by Crippen LogP contribution is -2.41. The predicted octanol–water partition coefficient (Wildman–Crippen LogP) is 2.86. The standard InChI is InChI=1S/C19H21FN2O2/c1-19(2,15-9-4-5-10-16(15)20)18(24)22(3)12-13-7-6-8-14(11-13)17(21)23/h4-11H,12H2,1-3H3,(H2,21,23). The fourth-order valence-corrected chi connectivity index (χ4v) is 2.73. The van der Waals surface area contributed by atoms with Gasteiger partial charge in [-0.25, -0.2) is 4.39 Å². The molecule has 0 aliphatic rings. The van der Waals surface area contributed by atoms with E-state index in [1.807, 2.05) is 6.07 Å². The third kappa shape index (κ3) is 3.62. The lowest BCUT2D eigenvalue weighted by atomic mass is 9.83. The van der Waals surface area contributed by atoms with Crippen LogP contribution < -0.4 is 5.73 Å². The Morgan fingerprint density at radius 3 is 2.42 bits per heavy atom. The summed E-state index contributed by atoms with van der Waals surface area (Å²) in [6.07, 6.45) is 0. The molecular weight excluding hydrogens is 307 g/mol. The number of carbonyl (C=O) groups is 2. The molecule has 0 bridgehead atoms. The van der Waals surface area contributed by atoms with Gasteiger partial charge in [0, 0.05) is 24.7 Å². The lowest BCUT2D eigenvalue weighted by Gasteiger charge is -2.30. The molecule has 126 valence electrons. The molecule has 0 saturated carbocycles. The summed E-state index contributed by atoms with van der Waals surface area (Å²) in [6, 6.07) is 13.1. The first-order chi connectivity index (χ1) is 11.2. The van der Waals surface area contributed by atoms with E-state index in [9.17, 15) is 14.0 Å². The highest BCUT2D eigenvalue weighted by molar-refractivity contribution is 5.93. The quantitative estimate of drug-likeness (QED) is 0.917. The molecule has 4 nitrogen and oxygen atoms in total. The predicted molar refractivity (Wildman–Crippen MR) is 90.9 cm³/mol. The zero-order chi connectivity index (χ0) is 17.9. The van der Waals surface area contributed by atoms with Gasteiger partial charge in [0.1, 0.15) is 5.82 Å². The summed E-state index contributed by atoms with van der Waals surface area (Å²) in [7, 11) is 1.65. The smallest absolute Gasteiger partial charge is 0.248 e. The summed E-state index contributed by atoms with van der Waals surface area (Å²) in [5.41, 5.74) is 5.80. The van der Waals surface area contributed by atoms with Gasteiger partial charge >= 0.3 is 0 Å². The number of rotatable bonds is 5. The second-order valence-electron chi connectivity index (χ2n) is 6.33. The van der Waals surface area contributed by atoms with Crippen LogP contribution in [0.15, 0.2) is 48.5 Å². The van der Waals surface area contributed by atoms with Crippen molar-refractivity contribution in [1.29, 1.82) is 0 Å². The van der Waals surface area contributed by atoms with E-state index in [-0.39, 0.29) is 5.91 Å². The monoisotopic (exact) mass is 328 g/mol. The molecule has 0 atom stereocenters. The van der Waals surface area contributed by atoms with Crippen molar-refractivity contribution >= 4 is 11.8 Å². The Balaban J connectivity index is 2.21. The van der Waals surface area contributed by atoms with Crippen molar-refractivity contribution in [2.45, 2.75) is 25.8 Å². The van der Waals surface area contributed by atoms with Crippen molar-refractivity contribution in [3.8, 4) is 0 Å². The Morgan fingerprint density at radius 1 is 1.12 bits per heavy atom. The first kappa shape index (κ1) is 17.7. The van der Waals surface area contributed by atoms with Crippen LogP contribution in [0.5, 0.6) is 0 Å². The highest BCUT2D eigenvalue weighted by atomic mass is 19.1. The van der Waals surface area contributed by atoms with Gasteiger partial charge in [0.05, 0.1) is 5.41 Å². The summed E-state index contributed by atoms with van der Waals surface area (Å²) >= 11 is 0. The number of carbonyl (C=O) groups excluding carboxylic acids is 2. The van der Waals surface area contributed by atoms with Gasteiger partial charge in [0.25, 0.3) is 0 Å². The summed E-state index contributed by atoms with van der Waals surface area (Å²) in [5, 5.41) is 0. The van der Waals surface area contributed by atoms with Crippen LogP contribution in [-0.4, -0.2) is 23.8 Å². The minimum absolute atomic E-state index is 0.211. The van der Waals surface area contributed by atoms with Crippen molar-refractivity contribution in [2.24, 2.45) is 5.73 Å². The fraction of sp³-hybridized carbons (Fsp3) is 0.263. The van der Waals surface area contributed by atoms with E-state index in [4.69, 9.17) is 5.73 Å². The van der Waals surface area contributed by atoms with E-state index in [2.05, 4.69) is 0 Å². The fourth-order valence-electron chi connectivity index (χ4n) is 2.73. The molecule has 5 heteroatoms. The Labute approximate surface area is 141 Å². The zero-order valence-electron chi connectivity index (χ0n) is 14.0. The van der Waals surface area contributed by atoms with Crippen molar-refractivity contribution in [2.75, 3.05) is 7.05 Å². The van der Waals surface area contributed by atoms with Gasteiger partial charge in [-0.15, -0.1) is 0 Å². The minimum Gasteiger partial charge on any atom is -0.366 e. The van der Waals surface area contributed by atoms with Crippen LogP contribution in [0.4, 0.5) is 4.39 Å². The molecule has 0 radical (unpaired) electrons. The number of hydrogen-bond donors (Lipinski definition) is 1. The second kappa shape index (κ2) is 6.83. The highest BCUT2D eigenvalue weighted by Gasteiger charge is 2.34. The van der Waals surface area contributed by atoms with Gasteiger partial charge in [0.15, 0.2) is 0 Å². The Morgan fingerprint density at radius 2 is 1.79 bits per heavy atom. The molecule has 0 aliphatic heterocycles. The Bertz CT molecular complexity index is 771. The number of nitrogens with zero attached hydrogens (tertiary/aromatic N) is 1. The molecule has 0 aromatic heterocycles. The van der Waals surface area contributed by atoms with Crippen molar-refractivity contribution in [3.63, 3.8) is 0 Å². The molecule has 0 unspecified atom stereocenters. The number of hydrogen-bond acceptors (Lipinski definition) is 2. The maximum atomic E-state index is 14.1. The molecule has 2 aromatic rings. The largest absolute Gasteiger partial charge is 0.366 e. The van der Waals surface area contributed by atoms with E-state index in [0.717, 1.165) is 5.56 Å². The number of amides is 2. The van der Waals surface area contributed by atoms with Crippen LogP contribution in [0, 0.1) is 5.82 Å². The third-order valence-corrected chi connectivity index (χ3v) is 4.06. The average Bonchev–Trinajstić information content (AvgIpc) is 2.54. The molecule has 0 aliphatic carbocycles. The SMILES string of the molecule is CN(Cc1cccc(C(N)=O)c1)C(=O)C(C)(C)c1ccccc1F. The highest BCUT2D eigenvalue weighted by Crippen LogP contribution is 2.28. The molecule has 0 fully saturated rings. The number of likely N-dealkylation sites (N-methyl/N-ethyl adjacent to an activating group) is 1. The molecule has 2 aromatic carbocycles. The molecular formula is C19H21FN2O2. The topological polar surface area (TPSA) is 63.4 Å². The number of halogens is 1. The zero-order valence-corrected chi connectivity index (χ0v) is 14.0. The molecule has 0 spiro atoms. The first-order valence-electron chi connectivity index (χ1n) is 7.63. The van der Waals surface area contributed by atoms with Gasteiger partial charge < -0.3 is 10.6 Å². The summed E-state index contributed by atoms with van der Waals surface area (Å²) in [5.74, 6) is -1.13. The number of primary amides is 1. The van der Waals surface area contributed by atoms with Gasteiger partial charge in [-0.05, 0) is 37.6 Å². The van der Waals surface area contributed by atoms with Crippen LogP contribution >= 0.6 is 0 Å². The van der Waals surface area contributed by atoms with E-state index < -0.39 is 17.1 Å². The summed E-state index contributed by atoms with van der Waals surface area (Å²) in [4.78, 5) is 25.6. The minimum atomic E-state index is -0.999. The van der Waals surface area contributed by atoms with Gasteiger partial charge in [0.2, 0.25) is 11.8 Å². The normalized spacial score (nSPS) is 11.2. The number of benzene rings is 2. The summed E-state index contributed by atoms with van der Waals surface area (Å²) < 4.78 is 14.1. The van der Waals surface area contributed by atoms with Crippen LogP contribution in [0.25, 0.3) is 0 Å². The van der Waals surface area contributed by atoms with E-state index >= 15 is 0 Å². The van der Waals surface area contributed by atoms with Crippen LogP contribution in [0.2, 0.25) is 0 Å². The van der Waals surface area contributed by atoms with E-state index in [0.29, 0.717) is 17.7 Å². The molecule has 0 saturated heterocycles. The Hall–Kier alpha value is -2.69. The molecule has 2 N–H and O–H groups in total. The average molecular weight is 328 g/mol. The second-order valence-corrected chi connectivity index (χ2v) is 6.33. The van der Waals surface area contributed by atoms with Crippen molar-refractivity contribution in [3.05, 3.63) is 71.0 Å². The summed E-state index contributed by atoms with van der Waals surface area (Å²) in [6.45, 7) is 3.70. The maximum Gasteiger partial charge on any atom is 0.248 e. The first-order valence-corrected chi connectivity index (χ1v) is 7.63. The molecule has 2 rings (SSSR count).